The number of rotatable bonds is 14. The number of anilines is 1. The van der Waals surface area contributed by atoms with Gasteiger partial charge in [0.05, 0.1) is 24.8 Å². The van der Waals surface area contributed by atoms with E-state index in [2.05, 4.69) is 5.32 Å². The van der Waals surface area contributed by atoms with Crippen molar-refractivity contribution in [1.82, 2.24) is 10.2 Å². The van der Waals surface area contributed by atoms with Crippen molar-refractivity contribution in [3.8, 4) is 11.5 Å². The third-order valence-electron chi connectivity index (χ3n) is 7.13. The lowest BCUT2D eigenvalue weighted by Gasteiger charge is -2.33. The van der Waals surface area contributed by atoms with Gasteiger partial charge in [0, 0.05) is 18.7 Å². The molecule has 3 rings (SSSR count). The minimum Gasteiger partial charge on any atom is -0.493 e. The number of benzene rings is 3. The number of nitrogens with zero attached hydrogens (tertiary/aromatic N) is 2. The molecule has 0 saturated carbocycles. The van der Waals surface area contributed by atoms with Crippen LogP contribution in [-0.4, -0.2) is 58.0 Å². The standard InChI is InChI=1S/C32H41N3O6S/c1-7-24(4)33-32(37)28(8-2)34(21-25-12-10-9-11-13-25)31(36)22-35(26-16-19-29(40-5)30(20-26)41-6)42(38,39)27-17-14-23(3)15-18-27/h9-20,24,28H,7-8,21-22H2,1-6H3,(H,33,37)/t24-,28-/m1/s1. The molecule has 0 aliphatic heterocycles. The van der Waals surface area contributed by atoms with E-state index in [0.717, 1.165) is 21.9 Å². The minimum atomic E-state index is -4.20. The lowest BCUT2D eigenvalue weighted by molar-refractivity contribution is -0.140. The van der Waals surface area contributed by atoms with Crippen LogP contribution in [0.25, 0.3) is 0 Å². The van der Waals surface area contributed by atoms with Crippen LogP contribution in [0.4, 0.5) is 5.69 Å². The molecule has 3 aromatic carbocycles. The van der Waals surface area contributed by atoms with Crippen molar-refractivity contribution in [3.63, 3.8) is 0 Å². The fourth-order valence-electron chi connectivity index (χ4n) is 4.49. The highest BCUT2D eigenvalue weighted by atomic mass is 32.2. The lowest BCUT2D eigenvalue weighted by atomic mass is 10.1. The molecular weight excluding hydrogens is 554 g/mol. The monoisotopic (exact) mass is 595 g/mol. The first-order chi connectivity index (χ1) is 20.0. The second-order valence-electron chi connectivity index (χ2n) is 10.1. The van der Waals surface area contributed by atoms with Gasteiger partial charge in [-0.3, -0.25) is 13.9 Å². The number of nitrogens with one attached hydrogen (secondary N) is 1. The van der Waals surface area contributed by atoms with E-state index >= 15 is 0 Å². The van der Waals surface area contributed by atoms with E-state index < -0.39 is 28.5 Å². The maximum absolute atomic E-state index is 14.2. The second-order valence-corrected chi connectivity index (χ2v) is 12.0. The van der Waals surface area contributed by atoms with Crippen LogP contribution in [0.15, 0.2) is 77.7 Å². The van der Waals surface area contributed by atoms with E-state index in [1.54, 1.807) is 24.3 Å². The quantitative estimate of drug-likeness (QED) is 0.283. The number of carbonyl (C=O) groups is 2. The lowest BCUT2D eigenvalue weighted by Crippen LogP contribution is -2.53. The number of hydrogen-bond donors (Lipinski definition) is 1. The van der Waals surface area contributed by atoms with Gasteiger partial charge in [-0.15, -0.1) is 0 Å². The van der Waals surface area contributed by atoms with Gasteiger partial charge in [-0.2, -0.15) is 0 Å². The number of ether oxygens (including phenoxy) is 2. The van der Waals surface area contributed by atoms with Crippen LogP contribution < -0.4 is 19.1 Å². The summed E-state index contributed by atoms with van der Waals surface area (Å²) in [6.07, 6.45) is 1.08. The zero-order valence-electron chi connectivity index (χ0n) is 25.2. The van der Waals surface area contributed by atoms with Crippen molar-refractivity contribution in [3.05, 3.63) is 83.9 Å². The third-order valence-corrected chi connectivity index (χ3v) is 8.91. The number of methoxy groups -OCH3 is 2. The predicted molar refractivity (Wildman–Crippen MR) is 164 cm³/mol. The highest BCUT2D eigenvalue weighted by Gasteiger charge is 2.34. The smallest absolute Gasteiger partial charge is 0.264 e. The Balaban J connectivity index is 2.10. The van der Waals surface area contributed by atoms with Crippen molar-refractivity contribution >= 4 is 27.5 Å². The Morgan fingerprint density at radius 2 is 1.52 bits per heavy atom. The normalized spacial score (nSPS) is 12.6. The van der Waals surface area contributed by atoms with Crippen LogP contribution in [-0.2, 0) is 26.2 Å². The van der Waals surface area contributed by atoms with Crippen LogP contribution in [0.2, 0.25) is 0 Å². The van der Waals surface area contributed by atoms with Crippen molar-refractivity contribution in [2.45, 2.75) is 64.1 Å². The van der Waals surface area contributed by atoms with Gasteiger partial charge in [0.15, 0.2) is 11.5 Å². The minimum absolute atomic E-state index is 0.0341. The van der Waals surface area contributed by atoms with Crippen LogP contribution in [0, 0.1) is 6.92 Å². The molecule has 0 saturated heterocycles. The van der Waals surface area contributed by atoms with Gasteiger partial charge in [-0.05, 0) is 56.5 Å². The molecule has 2 atom stereocenters. The van der Waals surface area contributed by atoms with E-state index in [-0.39, 0.29) is 29.1 Å². The molecule has 10 heteroatoms. The summed E-state index contributed by atoms with van der Waals surface area (Å²) in [7, 11) is -1.27. The van der Waals surface area contributed by atoms with Gasteiger partial charge in [0.2, 0.25) is 11.8 Å². The Hall–Kier alpha value is -4.05. The summed E-state index contributed by atoms with van der Waals surface area (Å²) in [5.41, 5.74) is 1.94. The molecule has 0 spiro atoms. The molecule has 0 radical (unpaired) electrons. The summed E-state index contributed by atoms with van der Waals surface area (Å²) >= 11 is 0. The molecule has 0 aliphatic carbocycles. The van der Waals surface area contributed by atoms with Crippen LogP contribution in [0.5, 0.6) is 11.5 Å². The molecule has 2 amide bonds. The van der Waals surface area contributed by atoms with Crippen molar-refractivity contribution in [1.29, 1.82) is 0 Å². The Morgan fingerprint density at radius 1 is 0.881 bits per heavy atom. The fourth-order valence-corrected chi connectivity index (χ4v) is 5.89. The molecule has 0 fully saturated rings. The summed E-state index contributed by atoms with van der Waals surface area (Å²) in [6, 6.07) is 19.5. The highest BCUT2D eigenvalue weighted by Crippen LogP contribution is 2.34. The Bertz CT molecular complexity index is 1440. The predicted octanol–water partition coefficient (Wildman–Crippen LogP) is 4.93. The molecular formula is C32H41N3O6S. The summed E-state index contributed by atoms with van der Waals surface area (Å²) in [5, 5.41) is 2.98. The van der Waals surface area contributed by atoms with Gasteiger partial charge in [0.1, 0.15) is 12.6 Å². The van der Waals surface area contributed by atoms with Crippen molar-refractivity contribution < 1.29 is 27.5 Å². The summed E-state index contributed by atoms with van der Waals surface area (Å²) in [4.78, 5) is 29.1. The van der Waals surface area contributed by atoms with E-state index in [9.17, 15) is 18.0 Å². The first-order valence-corrected chi connectivity index (χ1v) is 15.4. The third kappa shape index (κ3) is 7.82. The van der Waals surface area contributed by atoms with Crippen LogP contribution in [0.1, 0.15) is 44.7 Å². The average molecular weight is 596 g/mol. The molecule has 0 aromatic heterocycles. The molecule has 1 N–H and O–H groups in total. The Morgan fingerprint density at radius 3 is 2.10 bits per heavy atom. The zero-order valence-corrected chi connectivity index (χ0v) is 26.0. The summed E-state index contributed by atoms with van der Waals surface area (Å²) in [6.45, 7) is 7.17. The molecule has 3 aromatic rings. The molecule has 0 unspecified atom stereocenters. The largest absolute Gasteiger partial charge is 0.493 e. The van der Waals surface area contributed by atoms with Gasteiger partial charge in [-0.1, -0.05) is 61.9 Å². The summed E-state index contributed by atoms with van der Waals surface area (Å²) < 4.78 is 40.0. The fraction of sp³-hybridized carbons (Fsp3) is 0.375. The SMILES string of the molecule is CC[C@@H](C)NC(=O)[C@@H](CC)N(Cc1ccccc1)C(=O)CN(c1ccc(OC)c(OC)c1)S(=O)(=O)c1ccc(C)cc1. The molecule has 0 aliphatic rings. The first-order valence-electron chi connectivity index (χ1n) is 14.0. The Kier molecular flexibility index (Phi) is 11.4. The topological polar surface area (TPSA) is 105 Å². The van der Waals surface area contributed by atoms with Gasteiger partial charge < -0.3 is 19.7 Å². The van der Waals surface area contributed by atoms with E-state index in [1.165, 1.54) is 37.3 Å². The van der Waals surface area contributed by atoms with Gasteiger partial charge in [0.25, 0.3) is 10.0 Å². The van der Waals surface area contributed by atoms with Gasteiger partial charge >= 0.3 is 0 Å². The second kappa shape index (κ2) is 14.7. The van der Waals surface area contributed by atoms with Crippen molar-refractivity contribution in [2.75, 3.05) is 25.1 Å². The van der Waals surface area contributed by atoms with Crippen molar-refractivity contribution in [2.24, 2.45) is 0 Å². The number of hydrogen-bond acceptors (Lipinski definition) is 6. The van der Waals surface area contributed by atoms with E-state index in [0.29, 0.717) is 17.9 Å². The highest BCUT2D eigenvalue weighted by molar-refractivity contribution is 7.92. The maximum atomic E-state index is 14.2. The number of amides is 2. The molecule has 9 nitrogen and oxygen atoms in total. The molecule has 226 valence electrons. The number of carbonyl (C=O) groups excluding carboxylic acids is 2. The van der Waals surface area contributed by atoms with E-state index in [4.69, 9.17) is 9.47 Å². The molecule has 42 heavy (non-hydrogen) atoms. The Labute approximate surface area is 249 Å². The van der Waals surface area contributed by atoms with Crippen LogP contribution >= 0.6 is 0 Å². The maximum Gasteiger partial charge on any atom is 0.264 e. The number of aryl methyl sites for hydroxylation is 1. The molecule has 0 bridgehead atoms. The van der Waals surface area contributed by atoms with E-state index in [1.807, 2.05) is 58.0 Å². The molecule has 0 heterocycles. The van der Waals surface area contributed by atoms with Gasteiger partial charge in [-0.25, -0.2) is 8.42 Å². The first kappa shape index (κ1) is 32.5. The zero-order chi connectivity index (χ0) is 30.9. The number of sulfonamides is 1. The van der Waals surface area contributed by atoms with Crippen LogP contribution in [0.3, 0.4) is 0 Å². The average Bonchev–Trinajstić information content (AvgIpc) is 2.99. The summed E-state index contributed by atoms with van der Waals surface area (Å²) in [5.74, 6) is -0.0727.